The van der Waals surface area contributed by atoms with Crippen molar-refractivity contribution in [2.45, 2.75) is 0 Å². The Morgan fingerprint density at radius 1 is 2.40 bits per heavy atom. The topological polar surface area (TPSA) is 35.8 Å². The molecule has 0 aromatic heterocycles. The first-order valence-corrected chi connectivity index (χ1v) is 1.34. The van der Waals surface area contributed by atoms with Crippen molar-refractivity contribution < 1.29 is 1.41 Å². The summed E-state index contributed by atoms with van der Waals surface area (Å²) >= 11 is 0. The van der Waals surface area contributed by atoms with Crippen LogP contribution in [0.2, 0.25) is 1.41 Å². The van der Waals surface area contributed by atoms with E-state index in [1.54, 1.807) is 6.07 Å². The zero-order valence-corrected chi connectivity index (χ0v) is 3.10. The summed E-state index contributed by atoms with van der Waals surface area (Å²) in [6.45, 7) is 0.181. The van der Waals surface area contributed by atoms with Crippen molar-refractivity contribution in [3.8, 4) is 6.07 Å². The second-order valence-corrected chi connectivity index (χ2v) is 0.632. The molecular formula is C3H6N2. The first-order chi connectivity index (χ1) is 2.77. The van der Waals surface area contributed by atoms with Gasteiger partial charge in [0.2, 0.25) is 0 Å². The van der Waals surface area contributed by atoms with Crippen LogP contribution in [0.25, 0.3) is 0 Å². The fraction of sp³-hybridized carbons (Fsp3) is 0.667. The van der Waals surface area contributed by atoms with Crippen LogP contribution in [0, 0.1) is 11.3 Å². The van der Waals surface area contributed by atoms with E-state index in [0.29, 0.717) is 0 Å². The third-order valence-electron chi connectivity index (χ3n) is 0.229. The number of hydrogen-bond acceptors (Lipinski definition) is 2. The van der Waals surface area contributed by atoms with E-state index < -0.39 is 0 Å². The van der Waals surface area contributed by atoms with Gasteiger partial charge in [0, 0.05) is 0 Å². The van der Waals surface area contributed by atoms with Crippen LogP contribution in [0.5, 0.6) is 0 Å². The molecule has 28 valence electrons. The molecule has 0 spiro atoms. The van der Waals surface area contributed by atoms with E-state index in [9.17, 15) is 0 Å². The summed E-state index contributed by atoms with van der Waals surface area (Å²) < 4.78 is 6.59. The largest absolute Gasteiger partial charge is 0.308 e. The van der Waals surface area contributed by atoms with Gasteiger partial charge in [-0.25, -0.2) is 0 Å². The molecule has 0 aliphatic carbocycles. The Labute approximate surface area is 32.9 Å². The Bertz CT molecular complexity index is 63.7. The molecule has 0 saturated carbocycles. The third kappa shape index (κ3) is 3.45. The molecule has 2 nitrogen and oxygen atoms in total. The minimum atomic E-state index is 0.181. The van der Waals surface area contributed by atoms with Gasteiger partial charge in [-0.3, -0.25) is 0 Å². The lowest BCUT2D eigenvalue weighted by atomic mass is 10.7. The molecule has 0 fully saturated rings. The Hall–Kier alpha value is -0.550. The van der Waals surface area contributed by atoms with E-state index >= 15 is 0 Å². The molecule has 0 aromatic carbocycles. The molecule has 0 amide bonds. The van der Waals surface area contributed by atoms with Gasteiger partial charge < -0.3 is 5.31 Å². The van der Waals surface area contributed by atoms with Gasteiger partial charge in [-0.05, 0) is 7.05 Å². The summed E-state index contributed by atoms with van der Waals surface area (Å²) in [7, 11) is 1.53. The first kappa shape index (κ1) is 2.67. The predicted molar refractivity (Wildman–Crippen MR) is 19.5 cm³/mol. The van der Waals surface area contributed by atoms with Gasteiger partial charge in [-0.15, -0.1) is 0 Å². The highest BCUT2D eigenvalue weighted by molar-refractivity contribution is 4.69. The molecule has 0 aromatic rings. The minimum absolute atomic E-state index is 0.181. The van der Waals surface area contributed by atoms with Crippen LogP contribution in [-0.4, -0.2) is 13.6 Å². The lowest BCUT2D eigenvalue weighted by molar-refractivity contribution is 0.928. The van der Waals surface area contributed by atoms with Gasteiger partial charge in [-0.1, -0.05) is 0 Å². The summed E-state index contributed by atoms with van der Waals surface area (Å²) in [5.41, 5.74) is 0. The molecular weight excluding hydrogens is 64.0 g/mol. The zero-order valence-electron chi connectivity index (χ0n) is 4.10. The number of nitrogens with zero attached hydrogens (tertiary/aromatic N) is 1. The molecule has 0 bridgehead atoms. The zero-order chi connectivity index (χ0) is 4.99. The lowest BCUT2D eigenvalue weighted by Gasteiger charge is -1.73. The Morgan fingerprint density at radius 3 is 3.00 bits per heavy atom. The summed E-state index contributed by atoms with van der Waals surface area (Å²) in [6.07, 6.45) is 0. The number of nitriles is 1. The van der Waals surface area contributed by atoms with Gasteiger partial charge in [0.05, 0.1) is 12.6 Å². The molecule has 0 unspecified atom stereocenters. The van der Waals surface area contributed by atoms with Crippen LogP contribution >= 0.6 is 0 Å². The average molecular weight is 71.1 g/mol. The van der Waals surface area contributed by atoms with E-state index in [-0.39, 0.29) is 6.54 Å². The maximum absolute atomic E-state index is 7.82. The maximum atomic E-state index is 7.82. The quantitative estimate of drug-likeness (QED) is 0.432. The van der Waals surface area contributed by atoms with Crippen LogP contribution in [0.1, 0.15) is 0 Å². The summed E-state index contributed by atoms with van der Waals surface area (Å²) in [5.74, 6) is 0. The molecule has 0 aliphatic rings. The van der Waals surface area contributed by atoms with Crippen molar-refractivity contribution in [3.05, 3.63) is 0 Å². The highest BCUT2D eigenvalue weighted by Gasteiger charge is 1.60. The van der Waals surface area contributed by atoms with Crippen molar-refractivity contribution in [2.75, 3.05) is 13.6 Å². The Morgan fingerprint density at radius 2 is 3.00 bits per heavy atom. The molecule has 0 aliphatic heterocycles. The first-order valence-electron chi connectivity index (χ1n) is 1.79. The molecule has 0 rings (SSSR count). The lowest BCUT2D eigenvalue weighted by Crippen LogP contribution is -2.03. The molecule has 0 saturated heterocycles. The Kier molecular flexibility index (Phi) is 1.85. The van der Waals surface area contributed by atoms with Crippen LogP contribution in [0.3, 0.4) is 0 Å². The highest BCUT2D eigenvalue weighted by atomic mass is 14.8. The van der Waals surface area contributed by atoms with Crippen molar-refractivity contribution in [1.29, 1.82) is 5.26 Å². The molecule has 0 atom stereocenters. The van der Waals surface area contributed by atoms with E-state index in [0.717, 1.165) is 5.31 Å². The summed E-state index contributed by atoms with van der Waals surface area (Å²) in [4.78, 5) is 0. The normalized spacial score (nSPS) is 10.2. The van der Waals surface area contributed by atoms with Crippen LogP contribution in [0.4, 0.5) is 0 Å². The number of nitrogens with one attached hydrogen (secondary N) is 1. The second-order valence-electron chi connectivity index (χ2n) is 0.632. The van der Waals surface area contributed by atoms with E-state index in [1.165, 1.54) is 7.05 Å². The minimum Gasteiger partial charge on any atom is -0.308 e. The highest BCUT2D eigenvalue weighted by Crippen LogP contribution is 1.38. The predicted octanol–water partition coefficient (Wildman–Crippen LogP) is -0.271. The van der Waals surface area contributed by atoms with Gasteiger partial charge in [0.25, 0.3) is 0 Å². The van der Waals surface area contributed by atoms with Gasteiger partial charge in [0.1, 0.15) is 1.41 Å². The van der Waals surface area contributed by atoms with E-state index in [4.69, 9.17) is 6.67 Å². The van der Waals surface area contributed by atoms with Gasteiger partial charge >= 0.3 is 0 Å². The third-order valence-corrected chi connectivity index (χ3v) is 0.229. The monoisotopic (exact) mass is 71.1 g/mol. The Balaban J connectivity index is 2.88. The maximum Gasteiger partial charge on any atom is 0.123 e. The number of rotatable bonds is 1. The smallest absolute Gasteiger partial charge is 0.123 e. The average Bonchev–Trinajstić information content (AvgIpc) is 1.35. The van der Waals surface area contributed by atoms with Crippen molar-refractivity contribution in [3.63, 3.8) is 0 Å². The molecule has 0 radical (unpaired) electrons. The fourth-order valence-corrected chi connectivity index (χ4v) is 0.0707. The molecule has 2 heteroatoms. The molecule has 0 heterocycles. The summed E-state index contributed by atoms with van der Waals surface area (Å²) in [6, 6.07) is 1.81. The standard InChI is InChI=1S/C3H6N2/c1-5-3-2-4/h5H,3H2,1H3/i/hD. The number of hydrogen-bond donors (Lipinski definition) is 1. The van der Waals surface area contributed by atoms with Gasteiger partial charge in [0.15, 0.2) is 0 Å². The van der Waals surface area contributed by atoms with Crippen LogP contribution < -0.4 is 5.31 Å². The molecule has 1 N–H and O–H groups in total. The van der Waals surface area contributed by atoms with E-state index in [1.807, 2.05) is 0 Å². The van der Waals surface area contributed by atoms with Crippen LogP contribution in [-0.2, 0) is 0 Å². The summed E-state index contributed by atoms with van der Waals surface area (Å²) in [5, 5.41) is 8.89. The fourth-order valence-electron chi connectivity index (χ4n) is 0.0707. The van der Waals surface area contributed by atoms with Crippen molar-refractivity contribution in [2.24, 2.45) is 0 Å². The van der Waals surface area contributed by atoms with Crippen molar-refractivity contribution >= 4 is 0 Å². The van der Waals surface area contributed by atoms with Crippen molar-refractivity contribution in [1.82, 2.24) is 5.31 Å². The van der Waals surface area contributed by atoms with E-state index in [2.05, 4.69) is 0 Å². The van der Waals surface area contributed by atoms with Gasteiger partial charge in [-0.2, -0.15) is 5.26 Å². The second kappa shape index (κ2) is 3.45. The van der Waals surface area contributed by atoms with Crippen LogP contribution in [0.15, 0.2) is 0 Å². The SMILES string of the molecule is [2H]N(C)CC#N. The molecule has 5 heavy (non-hydrogen) atoms.